The fourth-order valence-electron chi connectivity index (χ4n) is 10.3. The number of aryl methyl sites for hydroxylation is 2. The van der Waals surface area contributed by atoms with Crippen molar-refractivity contribution in [2.45, 2.75) is 144 Å². The van der Waals surface area contributed by atoms with Gasteiger partial charge in [-0.3, -0.25) is 14.7 Å². The highest BCUT2D eigenvalue weighted by Crippen LogP contribution is 2.32. The monoisotopic (exact) mass is 1000 g/mol. The van der Waals surface area contributed by atoms with Crippen LogP contribution in [0.1, 0.15) is 187 Å². The molecule has 0 aliphatic heterocycles. The highest BCUT2D eigenvalue weighted by molar-refractivity contribution is 6.09. The lowest BCUT2D eigenvalue weighted by molar-refractivity contribution is 0.0698. The first-order valence-electron chi connectivity index (χ1n) is 25.8. The number of rotatable bonds is 6. The van der Waals surface area contributed by atoms with Gasteiger partial charge in [0.1, 0.15) is 17.5 Å². The highest BCUT2D eigenvalue weighted by atomic mass is 16.4. The molecule has 0 radical (unpaired) electrons. The number of hydrogen-bond acceptors (Lipinski definition) is 9. The molecule has 16 nitrogen and oxygen atoms in total. The number of aromatic amines is 4. The van der Waals surface area contributed by atoms with E-state index in [0.717, 1.165) is 137 Å². The molecule has 74 heavy (non-hydrogen) atoms. The van der Waals surface area contributed by atoms with E-state index in [1.54, 1.807) is 12.1 Å². The van der Waals surface area contributed by atoms with Gasteiger partial charge in [0, 0.05) is 72.2 Å². The van der Waals surface area contributed by atoms with E-state index in [1.165, 1.54) is 33.5 Å². The zero-order valence-corrected chi connectivity index (χ0v) is 42.8. The second kappa shape index (κ2) is 22.1. The van der Waals surface area contributed by atoms with Gasteiger partial charge in [-0.1, -0.05) is 67.2 Å². The second-order valence-corrected chi connectivity index (χ2v) is 20.5. The molecule has 0 amide bonds. The van der Waals surface area contributed by atoms with E-state index in [0.29, 0.717) is 51.9 Å². The molecule has 6 heterocycles. The van der Waals surface area contributed by atoms with Crippen molar-refractivity contribution in [2.24, 2.45) is 0 Å². The smallest absolute Gasteiger partial charge is 0.336 e. The Morgan fingerprint density at radius 1 is 0.541 bits per heavy atom. The molecular formula is C58H72N12O4. The first-order valence-corrected chi connectivity index (χ1v) is 25.8. The van der Waals surface area contributed by atoms with Crippen LogP contribution in [0, 0.1) is 0 Å². The SMILES string of the molecule is C.CC(C)c1cc2c(C(=O)O)cccc2[nH]1.CC(C)c1cc2c(C(=O)n3nc(N)c4c3CCCC4)cccc2[nH]1.CC(C)c1cc2c(C(=O)n3nc4c(c3N)CCCC4)cccc2[nH]1.Nc1n[nH]c2c1CCCC2. The van der Waals surface area contributed by atoms with Crippen LogP contribution >= 0.6 is 0 Å². The molecule has 3 aliphatic rings. The predicted molar refractivity (Wildman–Crippen MR) is 297 cm³/mol. The lowest BCUT2D eigenvalue weighted by atomic mass is 9.97. The van der Waals surface area contributed by atoms with E-state index in [9.17, 15) is 14.4 Å². The summed E-state index contributed by atoms with van der Waals surface area (Å²) in [6, 6.07) is 22.9. The normalized spacial score (nSPS) is 13.8. The van der Waals surface area contributed by atoms with Crippen LogP contribution in [0.25, 0.3) is 32.7 Å². The quantitative estimate of drug-likeness (QED) is 0.0781. The number of benzene rings is 3. The largest absolute Gasteiger partial charge is 0.478 e. The van der Waals surface area contributed by atoms with Crippen molar-refractivity contribution in [3.8, 4) is 0 Å². The Hall–Kier alpha value is -7.88. The number of nitrogens with zero attached hydrogens (tertiary/aromatic N) is 5. The van der Waals surface area contributed by atoms with E-state index in [2.05, 4.69) is 89.0 Å². The van der Waals surface area contributed by atoms with Crippen molar-refractivity contribution in [1.82, 2.24) is 44.7 Å². The number of nitrogens with one attached hydrogen (secondary N) is 4. The summed E-state index contributed by atoms with van der Waals surface area (Å²) in [5, 5.41) is 27.4. The molecule has 9 aromatic rings. The molecule has 0 spiro atoms. The maximum atomic E-state index is 13.2. The van der Waals surface area contributed by atoms with E-state index < -0.39 is 5.97 Å². The van der Waals surface area contributed by atoms with Gasteiger partial charge in [0.15, 0.2) is 0 Å². The zero-order chi connectivity index (χ0) is 51.7. The van der Waals surface area contributed by atoms with Gasteiger partial charge >= 0.3 is 5.97 Å². The molecule has 0 saturated heterocycles. The average molecular weight is 1000 g/mol. The summed E-state index contributed by atoms with van der Waals surface area (Å²) < 4.78 is 2.92. The van der Waals surface area contributed by atoms with Crippen LogP contribution in [0.15, 0.2) is 72.8 Å². The van der Waals surface area contributed by atoms with Gasteiger partial charge in [-0.15, -0.1) is 5.10 Å². The van der Waals surface area contributed by atoms with Gasteiger partial charge < -0.3 is 37.3 Å². The van der Waals surface area contributed by atoms with Crippen molar-refractivity contribution < 1.29 is 19.5 Å². The Kier molecular flexibility index (Phi) is 15.6. The molecule has 0 unspecified atom stereocenters. The van der Waals surface area contributed by atoms with Crippen LogP contribution < -0.4 is 17.2 Å². The minimum Gasteiger partial charge on any atom is -0.478 e. The van der Waals surface area contributed by atoms with Crippen LogP contribution in [0.4, 0.5) is 17.5 Å². The lowest BCUT2D eigenvalue weighted by Crippen LogP contribution is -2.18. The Balaban J connectivity index is 0.000000137. The van der Waals surface area contributed by atoms with E-state index in [4.69, 9.17) is 22.3 Å². The standard InChI is InChI=1S/2C19H22N4O.C12H13NO2.C7H11N3.CH4/c1-11(2)16-10-14-12(7-5-8-15(14)21-16)19(24)23-17-9-4-3-6-13(17)18(20)22-23;1-11(2)17-10-14-12(7-5-9-15(14)21-17)19(24)23-18(20)13-6-3-4-8-16(13)22-23;1-7(2)11-6-9-8(12(14)15)4-3-5-10(9)13-11;8-7-5-3-1-2-4-6(5)9-10-7;/h5,7-8,10-11,21H,3-4,6,9H2,1-2H3,(H2,20,22);5,7,9-11,21H,3-4,6,8,20H2,1-2H3;3-7,13H,1-2H3,(H,14,15);1-4H2,(H3,8,9,10);1H4. The minimum atomic E-state index is -0.880. The Morgan fingerprint density at radius 3 is 1.49 bits per heavy atom. The summed E-state index contributed by atoms with van der Waals surface area (Å²) >= 11 is 0. The topological polar surface area (TPSA) is 261 Å². The molecule has 6 aromatic heterocycles. The number of carboxylic acid groups (broad SMARTS) is 1. The molecule has 12 rings (SSSR count). The molecule has 0 fully saturated rings. The Labute approximate surface area is 431 Å². The first kappa shape index (κ1) is 52.4. The van der Waals surface area contributed by atoms with Crippen molar-refractivity contribution in [1.29, 1.82) is 0 Å². The summed E-state index contributed by atoms with van der Waals surface area (Å²) in [7, 11) is 0. The van der Waals surface area contributed by atoms with Crippen LogP contribution in [-0.2, 0) is 38.5 Å². The first-order chi connectivity index (χ1) is 35.1. The van der Waals surface area contributed by atoms with Crippen molar-refractivity contribution >= 4 is 67.9 Å². The van der Waals surface area contributed by atoms with E-state index in [-0.39, 0.29) is 19.2 Å². The van der Waals surface area contributed by atoms with Crippen LogP contribution in [0.3, 0.4) is 0 Å². The van der Waals surface area contributed by atoms with Gasteiger partial charge in [0.05, 0.1) is 28.1 Å². The number of nitrogen functional groups attached to an aromatic ring is 3. The summed E-state index contributed by atoms with van der Waals surface area (Å²) in [6.45, 7) is 12.7. The summed E-state index contributed by atoms with van der Waals surface area (Å²) in [5.41, 5.74) is 32.3. The minimum absolute atomic E-state index is 0. The number of carbonyl (C=O) groups excluding carboxylic acids is 2. The molecule has 3 aromatic carbocycles. The molecule has 0 atom stereocenters. The Bertz CT molecular complexity index is 3480. The third-order valence-electron chi connectivity index (χ3n) is 14.5. The third-order valence-corrected chi connectivity index (χ3v) is 14.5. The predicted octanol–water partition coefficient (Wildman–Crippen LogP) is 11.8. The molecule has 11 N–H and O–H groups in total. The molecule has 388 valence electrons. The molecule has 0 bridgehead atoms. The van der Waals surface area contributed by atoms with Gasteiger partial charge in [-0.2, -0.15) is 19.6 Å². The maximum absolute atomic E-state index is 13.2. The van der Waals surface area contributed by atoms with Gasteiger partial charge in [-0.05, 0) is 149 Å². The van der Waals surface area contributed by atoms with E-state index in [1.807, 2.05) is 48.5 Å². The number of nitrogens with two attached hydrogens (primary N) is 3. The summed E-state index contributed by atoms with van der Waals surface area (Å²) in [4.78, 5) is 47.2. The molecule has 16 heteroatoms. The van der Waals surface area contributed by atoms with Gasteiger partial charge in [-0.25, -0.2) is 4.79 Å². The number of carbonyl (C=O) groups is 3. The number of carboxylic acids is 1. The van der Waals surface area contributed by atoms with E-state index >= 15 is 0 Å². The third kappa shape index (κ3) is 10.5. The van der Waals surface area contributed by atoms with Crippen LogP contribution in [0.2, 0.25) is 0 Å². The fraction of sp³-hybridized carbons (Fsp3) is 0.379. The Morgan fingerprint density at radius 2 is 0.986 bits per heavy atom. The highest BCUT2D eigenvalue weighted by Gasteiger charge is 2.26. The molecular weight excluding hydrogens is 929 g/mol. The van der Waals surface area contributed by atoms with Gasteiger partial charge in [0.25, 0.3) is 11.8 Å². The van der Waals surface area contributed by atoms with Crippen molar-refractivity contribution in [3.63, 3.8) is 0 Å². The average Bonchev–Trinajstić information content (AvgIpc) is 4.27. The zero-order valence-electron chi connectivity index (χ0n) is 42.8. The van der Waals surface area contributed by atoms with Crippen LogP contribution in [0.5, 0.6) is 0 Å². The molecule has 3 aliphatic carbocycles. The summed E-state index contributed by atoms with van der Waals surface area (Å²) in [6.07, 6.45) is 12.8. The number of aromatic nitrogens is 9. The number of fused-ring (bicyclic) bond motifs is 6. The maximum Gasteiger partial charge on any atom is 0.336 e. The number of H-pyrrole nitrogens is 4. The lowest BCUT2D eigenvalue weighted by Gasteiger charge is -2.13. The summed E-state index contributed by atoms with van der Waals surface area (Å²) in [5.74, 6) is 1.72. The second-order valence-electron chi connectivity index (χ2n) is 20.5. The van der Waals surface area contributed by atoms with Gasteiger partial charge in [0.2, 0.25) is 0 Å². The van der Waals surface area contributed by atoms with Crippen molar-refractivity contribution in [2.75, 3.05) is 17.2 Å². The number of anilines is 3. The van der Waals surface area contributed by atoms with Crippen molar-refractivity contribution in [3.05, 3.63) is 140 Å². The molecule has 0 saturated carbocycles. The number of hydrogen-bond donors (Lipinski definition) is 8. The number of aromatic carboxylic acids is 1. The van der Waals surface area contributed by atoms with Crippen LogP contribution in [-0.4, -0.2) is 67.6 Å². The fourth-order valence-corrected chi connectivity index (χ4v) is 10.3.